The Morgan fingerprint density at radius 3 is 2.15 bits per heavy atom. The molecule has 2 rings (SSSR count). The highest BCUT2D eigenvalue weighted by Gasteiger charge is 2.19. The molecule has 0 saturated heterocycles. The molecule has 0 aliphatic heterocycles. The number of rotatable bonds is 5. The van der Waals surface area contributed by atoms with Crippen LogP contribution in [0.2, 0.25) is 0 Å². The van der Waals surface area contributed by atoms with Gasteiger partial charge < -0.3 is 14.6 Å². The van der Waals surface area contributed by atoms with E-state index in [1.807, 2.05) is 30.3 Å². The maximum Gasteiger partial charge on any atom is 0.358 e. The summed E-state index contributed by atoms with van der Waals surface area (Å²) in [5, 5.41) is 9.10. The normalized spacial score (nSPS) is 10.1. The van der Waals surface area contributed by atoms with Crippen molar-refractivity contribution in [2.45, 2.75) is 0 Å². The van der Waals surface area contributed by atoms with Crippen LogP contribution in [0.15, 0.2) is 42.5 Å². The molecule has 2 aromatic rings. The summed E-state index contributed by atoms with van der Waals surface area (Å²) in [5.41, 5.74) is 0.257. The van der Waals surface area contributed by atoms with Gasteiger partial charge in [-0.05, 0) is 30.3 Å². The van der Waals surface area contributed by atoms with Crippen LogP contribution in [0, 0.1) is 7.14 Å². The van der Waals surface area contributed by atoms with Gasteiger partial charge in [0, 0.05) is 12.1 Å². The second-order valence-corrected chi connectivity index (χ2v) is 6.97. The van der Waals surface area contributed by atoms with Crippen molar-refractivity contribution < 1.29 is 40.6 Å². The van der Waals surface area contributed by atoms with Crippen molar-refractivity contribution in [2.75, 3.05) is 14.2 Å². The minimum absolute atomic E-state index is 0.257. The van der Waals surface area contributed by atoms with Crippen LogP contribution in [0.25, 0.3) is 0 Å². The third kappa shape index (κ3) is 3.63. The molecule has 4 nitrogen and oxygen atoms in total. The second kappa shape index (κ2) is 6.60. The van der Waals surface area contributed by atoms with Crippen molar-refractivity contribution in [1.82, 2.24) is 0 Å². The average Bonchev–Trinajstić information content (AvgIpc) is 2.47. The van der Waals surface area contributed by atoms with Crippen LogP contribution in [0.1, 0.15) is 10.4 Å². The molecule has 0 aromatic heterocycles. The zero-order valence-corrected chi connectivity index (χ0v) is 13.2. The van der Waals surface area contributed by atoms with Gasteiger partial charge in [-0.25, -0.2) is 4.79 Å². The van der Waals surface area contributed by atoms with Crippen molar-refractivity contribution in [3.63, 3.8) is 0 Å². The number of carboxylic acid groups (broad SMARTS) is 1. The molecular formula is C15H14IO4+. The van der Waals surface area contributed by atoms with Gasteiger partial charge in [0.15, 0.2) is 7.14 Å². The lowest BCUT2D eigenvalue weighted by molar-refractivity contribution is -0.597. The van der Waals surface area contributed by atoms with Crippen molar-refractivity contribution in [2.24, 2.45) is 0 Å². The second-order valence-electron chi connectivity index (χ2n) is 3.94. The third-order valence-corrected chi connectivity index (χ3v) is 5.21. The number of aromatic carboxylic acids is 1. The Balaban J connectivity index is 2.27. The smallest absolute Gasteiger partial charge is 0.358 e. The number of methoxy groups -OCH3 is 2. The molecule has 104 valence electrons. The van der Waals surface area contributed by atoms with Gasteiger partial charge in [0.2, 0.25) is 0 Å². The predicted octanol–water partition coefficient (Wildman–Crippen LogP) is -0.470. The molecule has 0 spiro atoms. The van der Waals surface area contributed by atoms with Gasteiger partial charge >= 0.3 is 27.2 Å². The molecule has 5 heteroatoms. The molecule has 20 heavy (non-hydrogen) atoms. The Labute approximate surface area is 127 Å². The van der Waals surface area contributed by atoms with E-state index in [0.717, 1.165) is 9.32 Å². The highest BCUT2D eigenvalue weighted by molar-refractivity contribution is 5.87. The first kappa shape index (κ1) is 14.6. The van der Waals surface area contributed by atoms with E-state index in [9.17, 15) is 4.79 Å². The lowest BCUT2D eigenvalue weighted by atomic mass is 10.2. The summed E-state index contributed by atoms with van der Waals surface area (Å²) in [5.74, 6) is 0.451. The van der Waals surface area contributed by atoms with Crippen LogP contribution >= 0.6 is 0 Å². The Morgan fingerprint density at radius 1 is 0.950 bits per heavy atom. The van der Waals surface area contributed by atoms with Gasteiger partial charge in [0.05, 0.1) is 19.8 Å². The summed E-state index contributed by atoms with van der Waals surface area (Å²) in [4.78, 5) is 11.1. The van der Waals surface area contributed by atoms with Gasteiger partial charge in [-0.15, -0.1) is 0 Å². The van der Waals surface area contributed by atoms with E-state index in [1.54, 1.807) is 13.2 Å². The largest absolute Gasteiger partial charge is 0.497 e. The van der Waals surface area contributed by atoms with E-state index < -0.39 is 27.2 Å². The van der Waals surface area contributed by atoms with E-state index >= 15 is 0 Å². The number of carbonyl (C=O) groups is 1. The number of carboxylic acids is 1. The Bertz CT molecular complexity index is 608. The first-order valence-corrected chi connectivity index (χ1v) is 7.99. The summed E-state index contributed by atoms with van der Waals surface area (Å²) in [6, 6.07) is 13.0. The summed E-state index contributed by atoms with van der Waals surface area (Å²) in [6.45, 7) is 0. The van der Waals surface area contributed by atoms with Crippen molar-refractivity contribution in [3.8, 4) is 11.5 Å². The fourth-order valence-corrected chi connectivity index (χ4v) is 4.01. The molecule has 0 amide bonds. The van der Waals surface area contributed by atoms with E-state index in [1.165, 1.54) is 16.7 Å². The van der Waals surface area contributed by atoms with Gasteiger partial charge in [0.25, 0.3) is 0 Å². The number of hydrogen-bond donors (Lipinski definition) is 1. The molecule has 1 N–H and O–H groups in total. The minimum Gasteiger partial charge on any atom is -0.497 e. The lowest BCUT2D eigenvalue weighted by Crippen LogP contribution is -3.61. The molecular weight excluding hydrogens is 371 g/mol. The van der Waals surface area contributed by atoms with E-state index in [-0.39, 0.29) is 5.56 Å². The van der Waals surface area contributed by atoms with Crippen LogP contribution in [0.5, 0.6) is 11.5 Å². The highest BCUT2D eigenvalue weighted by Crippen LogP contribution is 2.12. The molecule has 0 atom stereocenters. The first-order chi connectivity index (χ1) is 9.62. The number of halogens is 1. The Kier molecular flexibility index (Phi) is 4.84. The molecule has 0 heterocycles. The summed E-state index contributed by atoms with van der Waals surface area (Å²) in [7, 11) is 3.17. The van der Waals surface area contributed by atoms with Gasteiger partial charge in [0.1, 0.15) is 11.5 Å². The van der Waals surface area contributed by atoms with Gasteiger partial charge in [-0.2, -0.15) is 0 Å². The Morgan fingerprint density at radius 2 is 1.60 bits per heavy atom. The predicted molar refractivity (Wildman–Crippen MR) is 70.3 cm³/mol. The van der Waals surface area contributed by atoms with Crippen LogP contribution in [-0.4, -0.2) is 25.3 Å². The van der Waals surface area contributed by atoms with E-state index in [0.29, 0.717) is 5.75 Å². The monoisotopic (exact) mass is 385 g/mol. The minimum atomic E-state index is -0.941. The molecule has 0 saturated carbocycles. The molecule has 0 radical (unpaired) electrons. The summed E-state index contributed by atoms with van der Waals surface area (Å²) in [6.07, 6.45) is 0. The summed E-state index contributed by atoms with van der Waals surface area (Å²) < 4.78 is 12.5. The van der Waals surface area contributed by atoms with Gasteiger partial charge in [-0.1, -0.05) is 0 Å². The zero-order valence-electron chi connectivity index (χ0n) is 11.1. The number of benzene rings is 2. The maximum absolute atomic E-state index is 11.1. The molecule has 0 aliphatic carbocycles. The van der Waals surface area contributed by atoms with Crippen molar-refractivity contribution in [3.05, 3.63) is 55.2 Å². The summed E-state index contributed by atoms with van der Waals surface area (Å²) >= 11 is -0.453. The van der Waals surface area contributed by atoms with Crippen molar-refractivity contribution in [1.29, 1.82) is 0 Å². The van der Waals surface area contributed by atoms with Crippen molar-refractivity contribution >= 4 is 5.97 Å². The molecule has 0 bridgehead atoms. The highest BCUT2D eigenvalue weighted by atomic mass is 127. The van der Waals surface area contributed by atoms with Gasteiger partial charge in [-0.3, -0.25) is 0 Å². The molecule has 0 fully saturated rings. The van der Waals surface area contributed by atoms with E-state index in [4.69, 9.17) is 14.6 Å². The SMILES string of the molecule is COc1ccc([I+]c2cc(OC)cc(C(=O)O)c2)cc1. The van der Waals surface area contributed by atoms with Crippen LogP contribution in [0.3, 0.4) is 0 Å². The number of hydrogen-bond acceptors (Lipinski definition) is 3. The standard InChI is InChI=1S/C15H13IO4/c1-19-13-5-3-11(4-6-13)16-12-7-10(15(17)18)8-14(9-12)20-2/h3-9H,1-2H3/p+1. The number of ether oxygens (including phenoxy) is 2. The fraction of sp³-hybridized carbons (Fsp3) is 0.133. The average molecular weight is 385 g/mol. The van der Waals surface area contributed by atoms with Crippen LogP contribution in [0.4, 0.5) is 0 Å². The fourth-order valence-electron chi connectivity index (χ4n) is 1.62. The zero-order chi connectivity index (χ0) is 14.5. The van der Waals surface area contributed by atoms with E-state index in [2.05, 4.69) is 0 Å². The third-order valence-electron chi connectivity index (χ3n) is 2.62. The van der Waals surface area contributed by atoms with Crippen LogP contribution < -0.4 is 30.7 Å². The molecule has 0 unspecified atom stereocenters. The lowest BCUT2D eigenvalue weighted by Gasteiger charge is -2.00. The van der Waals surface area contributed by atoms with Crippen LogP contribution in [-0.2, 0) is 0 Å². The quantitative estimate of drug-likeness (QED) is 0.708. The molecule has 2 aromatic carbocycles. The first-order valence-electron chi connectivity index (χ1n) is 5.83. The topological polar surface area (TPSA) is 55.8 Å². The molecule has 0 aliphatic rings. The Hall–Kier alpha value is -1.76. The maximum atomic E-state index is 11.1.